The molecule has 0 saturated carbocycles. The normalized spacial score (nSPS) is 12.8. The summed E-state index contributed by atoms with van der Waals surface area (Å²) in [5, 5.41) is 4.02. The van der Waals surface area contributed by atoms with Gasteiger partial charge in [-0.1, -0.05) is 18.2 Å². The molecule has 1 aliphatic rings. The van der Waals surface area contributed by atoms with E-state index in [0.717, 1.165) is 27.7 Å². The quantitative estimate of drug-likeness (QED) is 0.782. The lowest BCUT2D eigenvalue weighted by molar-refractivity contribution is -0.115. The van der Waals surface area contributed by atoms with Gasteiger partial charge >= 0.3 is 0 Å². The molecule has 2 heterocycles. The first-order chi connectivity index (χ1) is 12.6. The van der Waals surface area contributed by atoms with Crippen LogP contribution in [0.3, 0.4) is 0 Å². The Bertz CT molecular complexity index is 998. The van der Waals surface area contributed by atoms with Crippen molar-refractivity contribution in [2.24, 2.45) is 0 Å². The molecule has 132 valence electrons. The van der Waals surface area contributed by atoms with Crippen molar-refractivity contribution in [1.29, 1.82) is 0 Å². The second kappa shape index (κ2) is 6.67. The zero-order valence-corrected chi connectivity index (χ0v) is 14.8. The fourth-order valence-corrected chi connectivity index (χ4v) is 3.32. The Balaban J connectivity index is 1.56. The number of carbonyl (C=O) groups excluding carboxylic acids is 1. The minimum absolute atomic E-state index is 0.0787. The van der Waals surface area contributed by atoms with E-state index in [1.165, 1.54) is 0 Å². The van der Waals surface area contributed by atoms with Crippen LogP contribution in [0.5, 0.6) is 11.5 Å². The number of anilines is 1. The van der Waals surface area contributed by atoms with E-state index in [1.54, 1.807) is 6.07 Å². The third-order valence-corrected chi connectivity index (χ3v) is 4.65. The molecule has 5 heteroatoms. The Morgan fingerprint density at radius 1 is 1.08 bits per heavy atom. The van der Waals surface area contributed by atoms with Crippen LogP contribution in [0.4, 0.5) is 5.69 Å². The third kappa shape index (κ3) is 3.08. The number of amides is 1. The van der Waals surface area contributed by atoms with E-state index in [1.807, 2.05) is 50.2 Å². The molecule has 1 aromatic heterocycles. The summed E-state index contributed by atoms with van der Waals surface area (Å²) >= 11 is 0. The van der Waals surface area contributed by atoms with Gasteiger partial charge in [-0.05, 0) is 43.2 Å². The van der Waals surface area contributed by atoms with Crippen molar-refractivity contribution < 1.29 is 14.3 Å². The smallest absolute Gasteiger partial charge is 0.228 e. The van der Waals surface area contributed by atoms with Crippen molar-refractivity contribution in [3.05, 3.63) is 59.3 Å². The van der Waals surface area contributed by atoms with Gasteiger partial charge in [0.25, 0.3) is 0 Å². The number of nitrogens with zero attached hydrogens (tertiary/aromatic N) is 1. The summed E-state index contributed by atoms with van der Waals surface area (Å²) in [5.41, 5.74) is 4.62. The highest BCUT2D eigenvalue weighted by molar-refractivity contribution is 5.94. The van der Waals surface area contributed by atoms with Gasteiger partial charge in [0.15, 0.2) is 11.5 Å². The maximum atomic E-state index is 12.6. The Labute approximate surface area is 152 Å². The molecule has 1 N–H and O–H groups in total. The Kier molecular flexibility index (Phi) is 4.21. The molecule has 4 rings (SSSR count). The summed E-state index contributed by atoms with van der Waals surface area (Å²) in [7, 11) is 0. The first kappa shape index (κ1) is 16.4. The van der Waals surface area contributed by atoms with Crippen LogP contribution >= 0.6 is 0 Å². The standard InChI is InChI=1S/C21H20N2O3/c1-13-16-5-3-4-6-18(16)22-14(2)17(13)12-21(24)23-15-7-8-19-20(11-15)26-10-9-25-19/h3-8,11H,9-10,12H2,1-2H3,(H,23,24). The van der Waals surface area contributed by atoms with E-state index in [2.05, 4.69) is 10.3 Å². The highest BCUT2D eigenvalue weighted by Crippen LogP contribution is 2.32. The number of pyridine rings is 1. The fourth-order valence-electron chi connectivity index (χ4n) is 3.32. The summed E-state index contributed by atoms with van der Waals surface area (Å²) in [6, 6.07) is 13.4. The minimum Gasteiger partial charge on any atom is -0.486 e. The lowest BCUT2D eigenvalue weighted by Gasteiger charge is -2.19. The van der Waals surface area contributed by atoms with E-state index in [0.29, 0.717) is 30.4 Å². The van der Waals surface area contributed by atoms with Crippen LogP contribution in [0.25, 0.3) is 10.9 Å². The van der Waals surface area contributed by atoms with Crippen LogP contribution in [-0.4, -0.2) is 24.1 Å². The number of aryl methyl sites for hydroxylation is 2. The van der Waals surface area contributed by atoms with Gasteiger partial charge in [-0.2, -0.15) is 0 Å². The van der Waals surface area contributed by atoms with Gasteiger partial charge < -0.3 is 14.8 Å². The topological polar surface area (TPSA) is 60.5 Å². The average molecular weight is 348 g/mol. The predicted octanol–water partition coefficient (Wildman–Crippen LogP) is 3.80. The van der Waals surface area contributed by atoms with Gasteiger partial charge in [-0.3, -0.25) is 9.78 Å². The average Bonchev–Trinajstić information content (AvgIpc) is 2.65. The molecule has 0 saturated heterocycles. The first-order valence-electron chi connectivity index (χ1n) is 8.66. The molecule has 0 fully saturated rings. The number of aromatic nitrogens is 1. The molecule has 2 aromatic carbocycles. The third-order valence-electron chi connectivity index (χ3n) is 4.65. The summed E-state index contributed by atoms with van der Waals surface area (Å²) in [4.78, 5) is 17.2. The molecule has 5 nitrogen and oxygen atoms in total. The van der Waals surface area contributed by atoms with Crippen molar-refractivity contribution in [2.75, 3.05) is 18.5 Å². The van der Waals surface area contributed by atoms with Crippen LogP contribution in [0.1, 0.15) is 16.8 Å². The molecular formula is C21H20N2O3. The first-order valence-corrected chi connectivity index (χ1v) is 8.66. The number of benzene rings is 2. The molecule has 0 bridgehead atoms. The second-order valence-corrected chi connectivity index (χ2v) is 6.40. The number of rotatable bonds is 3. The fraction of sp³-hybridized carbons (Fsp3) is 0.238. The molecule has 26 heavy (non-hydrogen) atoms. The van der Waals surface area contributed by atoms with Crippen LogP contribution in [0.2, 0.25) is 0 Å². The van der Waals surface area contributed by atoms with Crippen LogP contribution in [0.15, 0.2) is 42.5 Å². The maximum absolute atomic E-state index is 12.6. The van der Waals surface area contributed by atoms with Gasteiger partial charge in [-0.25, -0.2) is 0 Å². The van der Waals surface area contributed by atoms with E-state index in [4.69, 9.17) is 9.47 Å². The van der Waals surface area contributed by atoms with Crippen LogP contribution in [-0.2, 0) is 11.2 Å². The summed E-state index contributed by atoms with van der Waals surface area (Å²) in [6.07, 6.45) is 0.282. The number of carbonyl (C=O) groups is 1. The van der Waals surface area contributed by atoms with Crippen molar-refractivity contribution in [1.82, 2.24) is 4.98 Å². The maximum Gasteiger partial charge on any atom is 0.228 e. The lowest BCUT2D eigenvalue weighted by atomic mass is 9.99. The van der Waals surface area contributed by atoms with Gasteiger partial charge in [0.1, 0.15) is 13.2 Å². The zero-order chi connectivity index (χ0) is 18.1. The lowest BCUT2D eigenvalue weighted by Crippen LogP contribution is -2.18. The van der Waals surface area contributed by atoms with E-state index >= 15 is 0 Å². The van der Waals surface area contributed by atoms with Crippen molar-refractivity contribution in [3.8, 4) is 11.5 Å². The van der Waals surface area contributed by atoms with E-state index in [9.17, 15) is 4.79 Å². The van der Waals surface area contributed by atoms with Gasteiger partial charge in [0.2, 0.25) is 5.91 Å². The number of nitrogens with one attached hydrogen (secondary N) is 1. The molecule has 0 spiro atoms. The molecule has 1 amide bonds. The molecule has 0 radical (unpaired) electrons. The molecular weight excluding hydrogens is 328 g/mol. The van der Waals surface area contributed by atoms with Crippen molar-refractivity contribution in [2.45, 2.75) is 20.3 Å². The minimum atomic E-state index is -0.0787. The van der Waals surface area contributed by atoms with Gasteiger partial charge in [-0.15, -0.1) is 0 Å². The molecule has 0 atom stereocenters. The number of ether oxygens (including phenoxy) is 2. The summed E-state index contributed by atoms with van der Waals surface area (Å²) in [5.74, 6) is 1.29. The Morgan fingerprint density at radius 2 is 1.85 bits per heavy atom. The van der Waals surface area contributed by atoms with Gasteiger partial charge in [0, 0.05) is 22.8 Å². The molecule has 0 unspecified atom stereocenters. The van der Waals surface area contributed by atoms with Crippen LogP contribution in [0, 0.1) is 13.8 Å². The number of fused-ring (bicyclic) bond motifs is 2. The number of para-hydroxylation sites is 1. The number of hydrogen-bond donors (Lipinski definition) is 1. The Hall–Kier alpha value is -3.08. The second-order valence-electron chi connectivity index (χ2n) is 6.40. The monoisotopic (exact) mass is 348 g/mol. The predicted molar refractivity (Wildman–Crippen MR) is 101 cm³/mol. The van der Waals surface area contributed by atoms with Gasteiger partial charge in [0.05, 0.1) is 11.9 Å². The highest BCUT2D eigenvalue weighted by Gasteiger charge is 2.15. The highest BCUT2D eigenvalue weighted by atomic mass is 16.6. The summed E-state index contributed by atoms with van der Waals surface area (Å²) < 4.78 is 11.1. The molecule has 0 aliphatic carbocycles. The SMILES string of the molecule is Cc1nc2ccccc2c(C)c1CC(=O)Nc1ccc2c(c1)OCCO2. The summed E-state index contributed by atoms with van der Waals surface area (Å²) in [6.45, 7) is 5.06. The zero-order valence-electron chi connectivity index (χ0n) is 14.8. The van der Waals surface area contributed by atoms with Crippen LogP contribution < -0.4 is 14.8 Å². The van der Waals surface area contributed by atoms with Crippen molar-refractivity contribution >= 4 is 22.5 Å². The van der Waals surface area contributed by atoms with E-state index in [-0.39, 0.29) is 12.3 Å². The largest absolute Gasteiger partial charge is 0.486 e. The number of hydrogen-bond acceptors (Lipinski definition) is 4. The Morgan fingerprint density at radius 3 is 2.69 bits per heavy atom. The molecule has 3 aromatic rings. The molecule has 1 aliphatic heterocycles. The van der Waals surface area contributed by atoms with Crippen molar-refractivity contribution in [3.63, 3.8) is 0 Å². The van der Waals surface area contributed by atoms with E-state index < -0.39 is 0 Å².